The first kappa shape index (κ1) is 21.4. The number of nitro benzene ring substituents is 1. The molecule has 0 aromatic heterocycles. The van der Waals surface area contributed by atoms with Gasteiger partial charge in [-0.25, -0.2) is 0 Å². The van der Waals surface area contributed by atoms with Gasteiger partial charge in [-0.1, -0.05) is 12.1 Å². The average molecular weight is 399 g/mol. The molecule has 0 bridgehead atoms. The molecule has 152 valence electrons. The van der Waals surface area contributed by atoms with Crippen LogP contribution in [0.2, 0.25) is 0 Å². The highest BCUT2D eigenvalue weighted by atomic mass is 16.6. The lowest BCUT2D eigenvalue weighted by atomic mass is 10.1. The van der Waals surface area contributed by atoms with E-state index in [1.54, 1.807) is 12.1 Å². The predicted octanol–water partition coefficient (Wildman–Crippen LogP) is 2.87. The molecule has 0 aliphatic carbocycles. The molecule has 2 N–H and O–H groups in total. The maximum atomic E-state index is 12.2. The van der Waals surface area contributed by atoms with Crippen molar-refractivity contribution in [2.24, 2.45) is 0 Å². The number of benzene rings is 2. The molecule has 2 amide bonds. The van der Waals surface area contributed by atoms with E-state index in [1.165, 1.54) is 43.5 Å². The molecule has 0 unspecified atom stereocenters. The first-order valence-corrected chi connectivity index (χ1v) is 8.68. The Bertz CT molecular complexity index is 940. The lowest BCUT2D eigenvalue weighted by Crippen LogP contribution is -2.40. The van der Waals surface area contributed by atoms with E-state index in [0.717, 1.165) is 6.08 Å². The third kappa shape index (κ3) is 6.06. The molecule has 0 saturated carbocycles. The SMILES string of the molecule is COc1cc(C(=O)NNC(=O)/C=C/c2ccccc2[N+](=O)[O-])ccc1OC(C)C. The van der Waals surface area contributed by atoms with Crippen LogP contribution in [0.1, 0.15) is 29.8 Å². The fourth-order valence-corrected chi connectivity index (χ4v) is 2.35. The van der Waals surface area contributed by atoms with E-state index in [9.17, 15) is 19.7 Å². The van der Waals surface area contributed by atoms with Gasteiger partial charge in [0.25, 0.3) is 17.5 Å². The number of ether oxygens (including phenoxy) is 2. The Morgan fingerprint density at radius 2 is 1.83 bits per heavy atom. The number of nitro groups is 1. The highest BCUT2D eigenvalue weighted by Crippen LogP contribution is 2.28. The Balaban J connectivity index is 2.00. The molecule has 0 spiro atoms. The zero-order valence-electron chi connectivity index (χ0n) is 16.2. The highest BCUT2D eigenvalue weighted by Gasteiger charge is 2.13. The molecule has 0 aliphatic heterocycles. The Labute approximate surface area is 167 Å². The Kier molecular flexibility index (Phi) is 7.30. The summed E-state index contributed by atoms with van der Waals surface area (Å²) in [5, 5.41) is 11.0. The number of hydrogen-bond acceptors (Lipinski definition) is 6. The third-order valence-electron chi connectivity index (χ3n) is 3.64. The number of carbonyl (C=O) groups excluding carboxylic acids is 2. The first-order valence-electron chi connectivity index (χ1n) is 8.68. The zero-order chi connectivity index (χ0) is 21.4. The van der Waals surface area contributed by atoms with Crippen molar-refractivity contribution in [3.8, 4) is 11.5 Å². The van der Waals surface area contributed by atoms with Crippen molar-refractivity contribution >= 4 is 23.6 Å². The van der Waals surface area contributed by atoms with E-state index in [1.807, 2.05) is 13.8 Å². The third-order valence-corrected chi connectivity index (χ3v) is 3.64. The molecule has 0 fully saturated rings. The Morgan fingerprint density at radius 1 is 1.10 bits per heavy atom. The molecular formula is C20H21N3O6. The van der Waals surface area contributed by atoms with Crippen LogP contribution in [0.4, 0.5) is 5.69 Å². The Morgan fingerprint density at radius 3 is 2.48 bits per heavy atom. The minimum atomic E-state index is -0.650. The van der Waals surface area contributed by atoms with Crippen molar-refractivity contribution in [3.63, 3.8) is 0 Å². The number of hydrazine groups is 1. The van der Waals surface area contributed by atoms with Gasteiger partial charge in [0, 0.05) is 17.7 Å². The van der Waals surface area contributed by atoms with Crippen molar-refractivity contribution in [1.29, 1.82) is 0 Å². The van der Waals surface area contributed by atoms with E-state index >= 15 is 0 Å². The smallest absolute Gasteiger partial charge is 0.276 e. The lowest BCUT2D eigenvalue weighted by Gasteiger charge is -2.14. The number of carbonyl (C=O) groups is 2. The molecule has 2 aromatic carbocycles. The molecule has 29 heavy (non-hydrogen) atoms. The molecule has 2 rings (SSSR count). The number of para-hydroxylation sites is 1. The highest BCUT2D eigenvalue weighted by molar-refractivity contribution is 5.98. The number of rotatable bonds is 7. The normalized spacial score (nSPS) is 10.6. The van der Waals surface area contributed by atoms with Gasteiger partial charge in [0.2, 0.25) is 0 Å². The van der Waals surface area contributed by atoms with E-state index in [0.29, 0.717) is 11.5 Å². The quantitative estimate of drug-likeness (QED) is 0.420. The summed E-state index contributed by atoms with van der Waals surface area (Å²) < 4.78 is 10.8. The van der Waals surface area contributed by atoms with Crippen LogP contribution in [0.3, 0.4) is 0 Å². The van der Waals surface area contributed by atoms with E-state index in [2.05, 4.69) is 10.9 Å². The van der Waals surface area contributed by atoms with Crippen LogP contribution in [0.5, 0.6) is 11.5 Å². The van der Waals surface area contributed by atoms with E-state index in [4.69, 9.17) is 9.47 Å². The zero-order valence-corrected chi connectivity index (χ0v) is 16.2. The second-order valence-corrected chi connectivity index (χ2v) is 6.12. The molecule has 0 heterocycles. The minimum absolute atomic E-state index is 0.0601. The largest absolute Gasteiger partial charge is 0.493 e. The van der Waals surface area contributed by atoms with Crippen LogP contribution in [-0.4, -0.2) is 30.0 Å². The van der Waals surface area contributed by atoms with Crippen molar-refractivity contribution < 1.29 is 24.0 Å². The molecule has 0 radical (unpaired) electrons. The molecule has 9 heteroatoms. The monoisotopic (exact) mass is 399 g/mol. The van der Waals surface area contributed by atoms with Crippen LogP contribution in [-0.2, 0) is 4.79 Å². The summed E-state index contributed by atoms with van der Waals surface area (Å²) in [5.41, 5.74) is 4.87. The molecule has 0 saturated heterocycles. The second-order valence-electron chi connectivity index (χ2n) is 6.12. The van der Waals surface area contributed by atoms with Gasteiger partial charge in [0.15, 0.2) is 11.5 Å². The van der Waals surface area contributed by atoms with Crippen molar-refractivity contribution in [1.82, 2.24) is 10.9 Å². The average Bonchev–Trinajstić information content (AvgIpc) is 2.70. The summed E-state index contributed by atoms with van der Waals surface area (Å²) in [4.78, 5) is 34.6. The first-order chi connectivity index (χ1) is 13.8. The van der Waals surface area contributed by atoms with Crippen LogP contribution in [0.25, 0.3) is 6.08 Å². The van der Waals surface area contributed by atoms with Gasteiger partial charge in [-0.2, -0.15) is 0 Å². The summed E-state index contributed by atoms with van der Waals surface area (Å²) in [5.74, 6) is -0.334. The fraction of sp³-hybridized carbons (Fsp3) is 0.200. The number of hydrogen-bond donors (Lipinski definition) is 2. The summed E-state index contributed by atoms with van der Waals surface area (Å²) in [6.07, 6.45) is 2.32. The van der Waals surface area contributed by atoms with Gasteiger partial charge in [-0.15, -0.1) is 0 Å². The van der Waals surface area contributed by atoms with Gasteiger partial charge in [0.05, 0.1) is 23.7 Å². The van der Waals surface area contributed by atoms with Crippen LogP contribution >= 0.6 is 0 Å². The number of nitrogens with one attached hydrogen (secondary N) is 2. The summed E-state index contributed by atoms with van der Waals surface area (Å²) in [6.45, 7) is 3.74. The van der Waals surface area contributed by atoms with Crippen molar-refractivity contribution in [2.45, 2.75) is 20.0 Å². The summed E-state index contributed by atoms with van der Waals surface area (Å²) >= 11 is 0. The number of nitrogens with zero attached hydrogens (tertiary/aromatic N) is 1. The maximum Gasteiger partial charge on any atom is 0.276 e. The number of methoxy groups -OCH3 is 1. The van der Waals surface area contributed by atoms with Gasteiger partial charge < -0.3 is 9.47 Å². The van der Waals surface area contributed by atoms with E-state index < -0.39 is 16.7 Å². The second kappa shape index (κ2) is 9.88. The van der Waals surface area contributed by atoms with Crippen molar-refractivity contribution in [3.05, 3.63) is 69.8 Å². The van der Waals surface area contributed by atoms with Crippen LogP contribution in [0.15, 0.2) is 48.5 Å². The summed E-state index contributed by atoms with van der Waals surface area (Å²) in [6, 6.07) is 10.6. The van der Waals surface area contributed by atoms with Gasteiger partial charge in [0.1, 0.15) is 0 Å². The van der Waals surface area contributed by atoms with Crippen LogP contribution < -0.4 is 20.3 Å². The van der Waals surface area contributed by atoms with Gasteiger partial charge >= 0.3 is 0 Å². The number of amides is 2. The molecular weight excluding hydrogens is 378 g/mol. The fourth-order valence-electron chi connectivity index (χ4n) is 2.35. The predicted molar refractivity (Wildman–Crippen MR) is 106 cm³/mol. The molecule has 0 aliphatic rings. The van der Waals surface area contributed by atoms with Crippen molar-refractivity contribution in [2.75, 3.05) is 7.11 Å². The molecule has 0 atom stereocenters. The minimum Gasteiger partial charge on any atom is -0.493 e. The molecule has 2 aromatic rings. The van der Waals surface area contributed by atoms with Crippen LogP contribution in [0, 0.1) is 10.1 Å². The van der Waals surface area contributed by atoms with Gasteiger partial charge in [-0.05, 0) is 44.2 Å². The standard InChI is InChI=1S/C20H21N3O6/c1-13(2)29-17-10-8-15(12-18(17)28-3)20(25)22-21-19(24)11-9-14-6-4-5-7-16(14)23(26)27/h4-13H,1-3H3,(H,21,24)(H,22,25)/b11-9+. The van der Waals surface area contributed by atoms with Gasteiger partial charge in [-0.3, -0.25) is 30.6 Å². The molecule has 9 nitrogen and oxygen atoms in total. The lowest BCUT2D eigenvalue weighted by molar-refractivity contribution is -0.385. The Hall–Kier alpha value is -3.88. The topological polar surface area (TPSA) is 120 Å². The van der Waals surface area contributed by atoms with E-state index in [-0.39, 0.29) is 22.9 Å². The maximum absolute atomic E-state index is 12.2. The summed E-state index contributed by atoms with van der Waals surface area (Å²) in [7, 11) is 1.46.